The molecule has 10 heteroatoms. The summed E-state index contributed by atoms with van der Waals surface area (Å²) < 4.78 is 5.36. The van der Waals surface area contributed by atoms with Crippen molar-refractivity contribution in [1.29, 1.82) is 0 Å². The highest BCUT2D eigenvalue weighted by Gasteiger charge is 2.29. The molecule has 2 atom stereocenters. The summed E-state index contributed by atoms with van der Waals surface area (Å²) in [4.78, 5) is 43.5. The molecule has 0 bridgehead atoms. The molecule has 134 valence electrons. The number of hydrogen-bond acceptors (Lipinski definition) is 6. The molecular weight excluding hydrogens is 322 g/mol. The average Bonchev–Trinajstić information content (AvgIpc) is 2.81. The van der Waals surface area contributed by atoms with E-state index in [0.717, 1.165) is 0 Å². The zero-order valence-electron chi connectivity index (χ0n) is 13.3. The lowest BCUT2D eigenvalue weighted by Crippen LogP contribution is -2.27. The number of amides is 3. The largest absolute Gasteiger partial charge is 0.481 e. The predicted molar refractivity (Wildman–Crippen MR) is 81.6 cm³/mol. The molecule has 2 unspecified atom stereocenters. The molecule has 3 amide bonds. The topological polar surface area (TPSA) is 148 Å². The lowest BCUT2D eigenvalue weighted by Gasteiger charge is -2.15. The molecule has 0 aromatic rings. The van der Waals surface area contributed by atoms with Gasteiger partial charge in [0, 0.05) is 37.4 Å². The highest BCUT2D eigenvalue weighted by Crippen LogP contribution is 2.17. The van der Waals surface area contributed by atoms with Gasteiger partial charge in [-0.25, -0.2) is 4.79 Å². The number of ether oxygens (including phenoxy) is 1. The van der Waals surface area contributed by atoms with E-state index in [2.05, 4.69) is 5.32 Å². The number of aliphatic carboxylic acids is 1. The summed E-state index contributed by atoms with van der Waals surface area (Å²) in [6.45, 7) is 2.01. The third-order valence-electron chi connectivity index (χ3n) is 3.58. The Morgan fingerprint density at radius 3 is 2.58 bits per heavy atom. The number of carboxylic acids is 1. The van der Waals surface area contributed by atoms with E-state index in [1.54, 1.807) is 0 Å². The van der Waals surface area contributed by atoms with E-state index in [1.165, 1.54) is 13.0 Å². The first kappa shape index (κ1) is 19.6. The minimum absolute atomic E-state index is 0.000146. The molecule has 1 rings (SSSR count). The number of hydrogen-bond donors (Lipinski definition) is 3. The van der Waals surface area contributed by atoms with E-state index < -0.39 is 34.8 Å². The number of rotatable bonds is 11. The molecule has 0 spiro atoms. The summed E-state index contributed by atoms with van der Waals surface area (Å²) >= 11 is 0. The fraction of sp³-hybridized carbons (Fsp3) is 0.643. The van der Waals surface area contributed by atoms with Crippen LogP contribution in [-0.4, -0.2) is 47.2 Å². The lowest BCUT2D eigenvalue weighted by atomic mass is 9.97. The van der Waals surface area contributed by atoms with Gasteiger partial charge in [-0.3, -0.25) is 25.0 Å². The second-order valence-electron chi connectivity index (χ2n) is 5.43. The van der Waals surface area contributed by atoms with Gasteiger partial charge in [0.05, 0.1) is 0 Å². The molecule has 1 aliphatic heterocycles. The van der Waals surface area contributed by atoms with Gasteiger partial charge < -0.3 is 15.2 Å². The van der Waals surface area contributed by atoms with E-state index in [1.807, 2.05) is 5.32 Å². The number of nitro groups is 1. The van der Waals surface area contributed by atoms with Crippen molar-refractivity contribution in [3.63, 3.8) is 0 Å². The molecule has 0 aromatic carbocycles. The monoisotopic (exact) mass is 343 g/mol. The molecular formula is C14H21N3O7. The zero-order valence-corrected chi connectivity index (χ0v) is 13.3. The van der Waals surface area contributed by atoms with Crippen molar-refractivity contribution in [1.82, 2.24) is 10.6 Å². The molecule has 10 nitrogen and oxygen atoms in total. The van der Waals surface area contributed by atoms with E-state index in [-0.39, 0.29) is 18.7 Å². The molecule has 3 N–H and O–H groups in total. The maximum atomic E-state index is 11.5. The third-order valence-corrected chi connectivity index (χ3v) is 3.58. The van der Waals surface area contributed by atoms with Crippen LogP contribution in [-0.2, 0) is 14.3 Å². The van der Waals surface area contributed by atoms with Crippen molar-refractivity contribution in [3.8, 4) is 0 Å². The molecule has 0 aliphatic carbocycles. The van der Waals surface area contributed by atoms with Crippen LogP contribution in [0, 0.1) is 16.0 Å². The van der Waals surface area contributed by atoms with Crippen molar-refractivity contribution in [2.24, 2.45) is 5.92 Å². The first-order valence-electron chi connectivity index (χ1n) is 7.58. The van der Waals surface area contributed by atoms with E-state index in [9.17, 15) is 24.5 Å². The number of unbranched alkanes of at least 4 members (excludes halogenated alkanes) is 1. The Morgan fingerprint density at radius 2 is 2.04 bits per heavy atom. The van der Waals surface area contributed by atoms with Gasteiger partial charge in [-0.05, 0) is 25.3 Å². The quantitative estimate of drug-likeness (QED) is 0.164. The van der Waals surface area contributed by atoms with Crippen molar-refractivity contribution in [2.75, 3.05) is 13.2 Å². The summed E-state index contributed by atoms with van der Waals surface area (Å²) in [5.41, 5.74) is 0.000146. The number of carboxylic acid groups (broad SMARTS) is 1. The van der Waals surface area contributed by atoms with Gasteiger partial charge in [-0.2, -0.15) is 0 Å². The smallest absolute Gasteiger partial charge is 0.326 e. The van der Waals surface area contributed by atoms with Crippen LogP contribution >= 0.6 is 0 Å². The van der Waals surface area contributed by atoms with Gasteiger partial charge in [0.25, 0.3) is 5.91 Å². The molecule has 0 radical (unpaired) electrons. The Balaban J connectivity index is 2.48. The van der Waals surface area contributed by atoms with Crippen LogP contribution in [0.2, 0.25) is 0 Å². The van der Waals surface area contributed by atoms with Gasteiger partial charge in [-0.15, -0.1) is 0 Å². The van der Waals surface area contributed by atoms with Crippen LogP contribution in [0.4, 0.5) is 4.79 Å². The van der Waals surface area contributed by atoms with Crippen LogP contribution in [0.15, 0.2) is 11.8 Å². The second kappa shape index (κ2) is 9.60. The number of nitrogens with one attached hydrogen (secondary N) is 2. The predicted octanol–water partition coefficient (Wildman–Crippen LogP) is 0.653. The fourth-order valence-corrected chi connectivity index (χ4v) is 2.13. The van der Waals surface area contributed by atoms with Gasteiger partial charge in [0.2, 0.25) is 6.04 Å². The van der Waals surface area contributed by atoms with Crippen LogP contribution in [0.3, 0.4) is 0 Å². The molecule has 1 heterocycles. The van der Waals surface area contributed by atoms with Crippen LogP contribution in [0.25, 0.3) is 0 Å². The molecule has 1 saturated heterocycles. The molecule has 0 saturated carbocycles. The minimum Gasteiger partial charge on any atom is -0.481 e. The zero-order chi connectivity index (χ0) is 18.1. The third kappa shape index (κ3) is 6.73. The van der Waals surface area contributed by atoms with Gasteiger partial charge in [-0.1, -0.05) is 0 Å². The van der Waals surface area contributed by atoms with Gasteiger partial charge in [0.15, 0.2) is 0 Å². The van der Waals surface area contributed by atoms with Crippen molar-refractivity contribution in [3.05, 3.63) is 21.9 Å². The molecule has 1 fully saturated rings. The fourth-order valence-electron chi connectivity index (χ4n) is 2.13. The number of carbonyl (C=O) groups excluding carboxylic acids is 2. The number of urea groups is 1. The van der Waals surface area contributed by atoms with Crippen LogP contribution in [0.1, 0.15) is 32.6 Å². The van der Waals surface area contributed by atoms with Crippen LogP contribution in [0.5, 0.6) is 0 Å². The van der Waals surface area contributed by atoms with Crippen molar-refractivity contribution in [2.45, 2.75) is 38.6 Å². The number of carbonyl (C=O) groups is 3. The highest BCUT2D eigenvalue weighted by atomic mass is 16.6. The summed E-state index contributed by atoms with van der Waals surface area (Å²) in [5.74, 6) is -2.06. The lowest BCUT2D eigenvalue weighted by molar-refractivity contribution is -0.525. The Hall–Kier alpha value is -2.49. The van der Waals surface area contributed by atoms with E-state index in [0.29, 0.717) is 25.9 Å². The Labute approximate surface area is 138 Å². The van der Waals surface area contributed by atoms with E-state index >= 15 is 0 Å². The number of imide groups is 1. The maximum Gasteiger partial charge on any atom is 0.326 e. The molecule has 24 heavy (non-hydrogen) atoms. The number of nitrogens with zero attached hydrogens (tertiary/aromatic N) is 1. The highest BCUT2D eigenvalue weighted by molar-refractivity contribution is 6.11. The van der Waals surface area contributed by atoms with Gasteiger partial charge in [0.1, 0.15) is 5.70 Å². The van der Waals surface area contributed by atoms with E-state index in [4.69, 9.17) is 9.84 Å². The van der Waals surface area contributed by atoms with Crippen molar-refractivity contribution < 1.29 is 29.2 Å². The van der Waals surface area contributed by atoms with Crippen LogP contribution < -0.4 is 10.6 Å². The molecule has 1 aliphatic rings. The second-order valence-corrected chi connectivity index (χ2v) is 5.43. The Bertz CT molecular complexity index is 532. The summed E-state index contributed by atoms with van der Waals surface area (Å²) in [7, 11) is 0. The normalized spacial score (nSPS) is 18.1. The summed E-state index contributed by atoms with van der Waals surface area (Å²) in [6.07, 6.45) is 2.84. The Morgan fingerprint density at radius 1 is 1.33 bits per heavy atom. The standard InChI is InChI=1S/C14H21N3O7/c1-9(17(22)23)10(8-11-13(20)16-14(21)15-11)5-7-24-6-3-2-4-12(18)19/h8-10H,2-7H2,1H3,(H,18,19)(H2,15,16,20,21). The summed E-state index contributed by atoms with van der Waals surface area (Å²) in [5, 5.41) is 23.8. The maximum absolute atomic E-state index is 11.5. The summed E-state index contributed by atoms with van der Waals surface area (Å²) in [6, 6.07) is -1.60. The first-order chi connectivity index (χ1) is 11.3. The Kier molecular flexibility index (Phi) is 7.83. The van der Waals surface area contributed by atoms with Crippen molar-refractivity contribution >= 4 is 17.9 Å². The average molecular weight is 343 g/mol. The SMILES string of the molecule is CC(C(C=C1NC(=O)NC1=O)CCOCCCCC(=O)O)[N+](=O)[O-]. The minimum atomic E-state index is -0.946. The van der Waals surface area contributed by atoms with Gasteiger partial charge >= 0.3 is 12.0 Å². The first-order valence-corrected chi connectivity index (χ1v) is 7.58. The molecule has 0 aromatic heterocycles.